The quantitative estimate of drug-likeness (QED) is 0.865. The van der Waals surface area contributed by atoms with Gasteiger partial charge in [0.05, 0.1) is 22.3 Å². The SMILES string of the molecule is C.CN(C)S(=O)(=O)c1ccc2nc[nH]c2c1. The number of sulfonamides is 1. The van der Waals surface area contributed by atoms with Crippen molar-refractivity contribution in [1.82, 2.24) is 14.3 Å². The maximum Gasteiger partial charge on any atom is 0.242 e. The lowest BCUT2D eigenvalue weighted by Crippen LogP contribution is -2.22. The number of fused-ring (bicyclic) bond motifs is 1. The van der Waals surface area contributed by atoms with Crippen LogP contribution in [0.3, 0.4) is 0 Å². The summed E-state index contributed by atoms with van der Waals surface area (Å²) in [6, 6.07) is 4.82. The lowest BCUT2D eigenvalue weighted by atomic mass is 10.3. The summed E-state index contributed by atoms with van der Waals surface area (Å²) in [4.78, 5) is 7.17. The Labute approximate surface area is 95.2 Å². The van der Waals surface area contributed by atoms with E-state index in [1.165, 1.54) is 24.7 Å². The number of imidazole rings is 1. The van der Waals surface area contributed by atoms with Crippen LogP contribution >= 0.6 is 0 Å². The van der Waals surface area contributed by atoms with Crippen LogP contribution in [0, 0.1) is 0 Å². The van der Waals surface area contributed by atoms with Gasteiger partial charge in [-0.25, -0.2) is 17.7 Å². The molecular formula is C10H15N3O2S. The summed E-state index contributed by atoms with van der Waals surface area (Å²) in [6.07, 6.45) is 1.54. The van der Waals surface area contributed by atoms with Crippen LogP contribution in [0.2, 0.25) is 0 Å². The first-order valence-corrected chi connectivity index (χ1v) is 5.81. The minimum absolute atomic E-state index is 0. The highest BCUT2D eigenvalue weighted by Crippen LogP contribution is 2.17. The van der Waals surface area contributed by atoms with Crippen molar-refractivity contribution in [1.29, 1.82) is 0 Å². The molecule has 5 nitrogen and oxygen atoms in total. The maximum atomic E-state index is 11.8. The number of benzene rings is 1. The fourth-order valence-electron chi connectivity index (χ4n) is 1.29. The van der Waals surface area contributed by atoms with E-state index in [2.05, 4.69) is 9.97 Å². The van der Waals surface area contributed by atoms with Gasteiger partial charge in [-0.05, 0) is 18.2 Å². The van der Waals surface area contributed by atoms with E-state index >= 15 is 0 Å². The van der Waals surface area contributed by atoms with Gasteiger partial charge < -0.3 is 4.98 Å². The van der Waals surface area contributed by atoms with Crippen molar-refractivity contribution >= 4 is 21.1 Å². The Bertz CT molecular complexity index is 587. The lowest BCUT2D eigenvalue weighted by Gasteiger charge is -2.10. The van der Waals surface area contributed by atoms with E-state index in [4.69, 9.17) is 0 Å². The summed E-state index contributed by atoms with van der Waals surface area (Å²) in [5.74, 6) is 0. The normalized spacial score (nSPS) is 11.7. The molecule has 0 radical (unpaired) electrons. The first-order chi connectivity index (χ1) is 7.01. The van der Waals surface area contributed by atoms with E-state index in [-0.39, 0.29) is 12.3 Å². The standard InChI is InChI=1S/C9H11N3O2S.CH4/c1-12(2)15(13,14)7-3-4-8-9(5-7)11-6-10-8;/h3-6H,1-2H3,(H,10,11);1H4. The molecule has 1 aromatic carbocycles. The molecule has 0 aliphatic heterocycles. The summed E-state index contributed by atoms with van der Waals surface area (Å²) >= 11 is 0. The van der Waals surface area contributed by atoms with Crippen LogP contribution in [0.4, 0.5) is 0 Å². The number of hydrogen-bond donors (Lipinski definition) is 1. The van der Waals surface area contributed by atoms with E-state index in [0.717, 1.165) is 11.0 Å². The number of nitrogens with zero attached hydrogens (tertiary/aromatic N) is 2. The Kier molecular flexibility index (Phi) is 3.35. The Morgan fingerprint density at radius 1 is 1.31 bits per heavy atom. The molecule has 0 fully saturated rings. The minimum atomic E-state index is -3.36. The molecule has 0 aliphatic rings. The zero-order valence-electron chi connectivity index (χ0n) is 8.43. The van der Waals surface area contributed by atoms with Crippen molar-refractivity contribution in [2.45, 2.75) is 12.3 Å². The molecule has 0 bridgehead atoms. The number of hydrogen-bond acceptors (Lipinski definition) is 3. The highest BCUT2D eigenvalue weighted by atomic mass is 32.2. The molecule has 2 aromatic rings. The first-order valence-electron chi connectivity index (χ1n) is 4.37. The highest BCUT2D eigenvalue weighted by Gasteiger charge is 2.17. The van der Waals surface area contributed by atoms with Gasteiger partial charge in [0.1, 0.15) is 0 Å². The van der Waals surface area contributed by atoms with Crippen LogP contribution in [-0.4, -0.2) is 36.8 Å². The van der Waals surface area contributed by atoms with Gasteiger partial charge in [-0.15, -0.1) is 0 Å². The zero-order valence-corrected chi connectivity index (χ0v) is 9.25. The van der Waals surface area contributed by atoms with E-state index in [9.17, 15) is 8.42 Å². The Hall–Kier alpha value is -1.40. The third-order valence-corrected chi connectivity index (χ3v) is 3.98. The highest BCUT2D eigenvalue weighted by molar-refractivity contribution is 7.89. The fraction of sp³-hybridized carbons (Fsp3) is 0.300. The Morgan fingerprint density at radius 3 is 2.62 bits per heavy atom. The molecule has 16 heavy (non-hydrogen) atoms. The van der Waals surface area contributed by atoms with Crippen molar-refractivity contribution in [2.75, 3.05) is 14.1 Å². The predicted molar refractivity (Wildman–Crippen MR) is 63.7 cm³/mol. The van der Waals surface area contributed by atoms with Gasteiger partial charge in [-0.2, -0.15) is 0 Å². The van der Waals surface area contributed by atoms with Crippen molar-refractivity contribution in [3.05, 3.63) is 24.5 Å². The topological polar surface area (TPSA) is 66.1 Å². The fourth-order valence-corrected chi connectivity index (χ4v) is 2.21. The molecular weight excluding hydrogens is 226 g/mol. The lowest BCUT2D eigenvalue weighted by molar-refractivity contribution is 0.521. The van der Waals surface area contributed by atoms with E-state index in [1.807, 2.05) is 0 Å². The molecule has 88 valence electrons. The van der Waals surface area contributed by atoms with E-state index < -0.39 is 10.0 Å². The van der Waals surface area contributed by atoms with Gasteiger partial charge in [0.15, 0.2) is 0 Å². The molecule has 0 unspecified atom stereocenters. The monoisotopic (exact) mass is 241 g/mol. The second-order valence-corrected chi connectivity index (χ2v) is 5.52. The van der Waals surface area contributed by atoms with Crippen molar-refractivity contribution in [3.8, 4) is 0 Å². The molecule has 6 heteroatoms. The van der Waals surface area contributed by atoms with Crippen LogP contribution in [-0.2, 0) is 10.0 Å². The van der Waals surface area contributed by atoms with Gasteiger partial charge in [-0.1, -0.05) is 7.43 Å². The van der Waals surface area contributed by atoms with Gasteiger partial charge >= 0.3 is 0 Å². The Morgan fingerprint density at radius 2 is 2.00 bits per heavy atom. The number of nitrogens with one attached hydrogen (secondary N) is 1. The molecule has 0 atom stereocenters. The van der Waals surface area contributed by atoms with Gasteiger partial charge in [0, 0.05) is 14.1 Å². The second-order valence-electron chi connectivity index (χ2n) is 3.37. The van der Waals surface area contributed by atoms with Crippen molar-refractivity contribution in [2.24, 2.45) is 0 Å². The number of aromatic nitrogens is 2. The molecule has 0 aliphatic carbocycles. The summed E-state index contributed by atoms with van der Waals surface area (Å²) in [7, 11) is -0.348. The van der Waals surface area contributed by atoms with Gasteiger partial charge in [0.25, 0.3) is 0 Å². The summed E-state index contributed by atoms with van der Waals surface area (Å²) in [5, 5.41) is 0. The Balaban J connectivity index is 0.00000128. The molecule has 1 aromatic heterocycles. The smallest absolute Gasteiger partial charge is 0.242 e. The first kappa shape index (κ1) is 12.7. The molecule has 1 N–H and O–H groups in total. The van der Waals surface area contributed by atoms with Crippen LogP contribution in [0.5, 0.6) is 0 Å². The maximum absolute atomic E-state index is 11.8. The average molecular weight is 241 g/mol. The van der Waals surface area contributed by atoms with Crippen LogP contribution in [0.1, 0.15) is 7.43 Å². The summed E-state index contributed by atoms with van der Waals surface area (Å²) in [5.41, 5.74) is 1.48. The van der Waals surface area contributed by atoms with Crippen molar-refractivity contribution in [3.63, 3.8) is 0 Å². The summed E-state index contributed by atoms with van der Waals surface area (Å²) < 4.78 is 24.8. The van der Waals surface area contributed by atoms with Crippen LogP contribution in [0.25, 0.3) is 11.0 Å². The summed E-state index contributed by atoms with van der Waals surface area (Å²) in [6.45, 7) is 0. The van der Waals surface area contributed by atoms with E-state index in [1.54, 1.807) is 18.2 Å². The minimum Gasteiger partial charge on any atom is -0.345 e. The predicted octanol–water partition coefficient (Wildman–Crippen LogP) is 1.45. The zero-order chi connectivity index (χ0) is 11.1. The molecule has 0 saturated carbocycles. The average Bonchev–Trinajstić information content (AvgIpc) is 2.63. The third kappa shape index (κ3) is 1.94. The molecule has 0 spiro atoms. The van der Waals surface area contributed by atoms with Crippen LogP contribution < -0.4 is 0 Å². The number of rotatable bonds is 2. The van der Waals surface area contributed by atoms with Gasteiger partial charge in [-0.3, -0.25) is 0 Å². The number of H-pyrrole nitrogens is 1. The van der Waals surface area contributed by atoms with Gasteiger partial charge in [0.2, 0.25) is 10.0 Å². The second kappa shape index (κ2) is 4.23. The molecule has 2 rings (SSSR count). The van der Waals surface area contributed by atoms with E-state index in [0.29, 0.717) is 0 Å². The molecule has 0 amide bonds. The molecule has 1 heterocycles. The molecule has 0 saturated heterocycles. The number of aromatic amines is 1. The largest absolute Gasteiger partial charge is 0.345 e. The third-order valence-electron chi connectivity index (χ3n) is 2.17. The van der Waals surface area contributed by atoms with Crippen LogP contribution in [0.15, 0.2) is 29.4 Å². The van der Waals surface area contributed by atoms with Crippen molar-refractivity contribution < 1.29 is 8.42 Å².